The summed E-state index contributed by atoms with van der Waals surface area (Å²) in [5, 5.41) is 0. The van der Waals surface area contributed by atoms with Gasteiger partial charge < -0.3 is 9.47 Å². The maximum Gasteiger partial charge on any atom is 0.270 e. The number of methoxy groups -OCH3 is 1. The van der Waals surface area contributed by atoms with E-state index in [1.807, 2.05) is 57.2 Å². The molecule has 2 aromatic carbocycles. The molecule has 0 aromatic heterocycles. The molecule has 1 saturated heterocycles. The van der Waals surface area contributed by atoms with Gasteiger partial charge in [-0.2, -0.15) is 0 Å². The summed E-state index contributed by atoms with van der Waals surface area (Å²) in [7, 11) is 1.60. The zero-order valence-electron chi connectivity index (χ0n) is 15.7. The molecule has 6 heteroatoms. The Kier molecular flexibility index (Phi) is 5.87. The first-order valence-electron chi connectivity index (χ1n) is 8.60. The number of benzene rings is 2. The second kappa shape index (κ2) is 8.15. The Labute approximate surface area is 169 Å². The smallest absolute Gasteiger partial charge is 0.270 e. The summed E-state index contributed by atoms with van der Waals surface area (Å²) in [5.74, 6) is 1.21. The van der Waals surface area contributed by atoms with Crippen molar-refractivity contribution in [2.45, 2.75) is 20.8 Å². The summed E-state index contributed by atoms with van der Waals surface area (Å²) in [6.45, 7) is 6.50. The SMILES string of the molecule is CCOc1ccc(/C=C2/SC(=S)N(c3ccc(C)cc3C)C2=O)cc1OC. The minimum absolute atomic E-state index is 0.107. The van der Waals surface area contributed by atoms with Crippen LogP contribution in [0, 0.1) is 13.8 Å². The molecule has 1 amide bonds. The molecule has 1 aliphatic rings. The van der Waals surface area contributed by atoms with Gasteiger partial charge in [0.15, 0.2) is 15.8 Å². The molecule has 0 radical (unpaired) electrons. The molecule has 1 heterocycles. The van der Waals surface area contributed by atoms with Crippen LogP contribution in [0.3, 0.4) is 0 Å². The second-order valence-corrected chi connectivity index (χ2v) is 7.83. The number of carbonyl (C=O) groups is 1. The van der Waals surface area contributed by atoms with E-state index >= 15 is 0 Å². The van der Waals surface area contributed by atoms with Crippen molar-refractivity contribution in [1.82, 2.24) is 0 Å². The maximum absolute atomic E-state index is 13.0. The summed E-state index contributed by atoms with van der Waals surface area (Å²) in [6.07, 6.45) is 1.83. The molecule has 1 aliphatic heterocycles. The number of ether oxygens (including phenoxy) is 2. The molecule has 140 valence electrons. The molecule has 0 aliphatic carbocycles. The molecule has 0 bridgehead atoms. The van der Waals surface area contributed by atoms with Gasteiger partial charge in [0.05, 0.1) is 24.3 Å². The normalized spacial score (nSPS) is 15.6. The van der Waals surface area contributed by atoms with E-state index in [1.165, 1.54) is 11.8 Å². The lowest BCUT2D eigenvalue weighted by atomic mass is 10.1. The number of carbonyl (C=O) groups excluding carboxylic acids is 1. The van der Waals surface area contributed by atoms with Crippen LogP contribution >= 0.6 is 24.0 Å². The predicted octanol–water partition coefficient (Wildman–Crippen LogP) is 5.12. The fraction of sp³-hybridized carbons (Fsp3) is 0.238. The molecule has 0 N–H and O–H groups in total. The van der Waals surface area contributed by atoms with E-state index in [-0.39, 0.29) is 5.91 Å². The fourth-order valence-electron chi connectivity index (χ4n) is 2.93. The third kappa shape index (κ3) is 4.01. The molecule has 3 rings (SSSR count). The van der Waals surface area contributed by atoms with Crippen LogP contribution in [-0.4, -0.2) is 23.9 Å². The lowest BCUT2D eigenvalue weighted by Crippen LogP contribution is -2.28. The number of aryl methyl sites for hydroxylation is 2. The highest BCUT2D eigenvalue weighted by Crippen LogP contribution is 2.38. The fourth-order valence-corrected chi connectivity index (χ4v) is 4.22. The molecule has 2 aromatic rings. The maximum atomic E-state index is 13.0. The molecular weight excluding hydrogens is 378 g/mol. The zero-order valence-corrected chi connectivity index (χ0v) is 17.4. The topological polar surface area (TPSA) is 38.8 Å². The minimum Gasteiger partial charge on any atom is -0.493 e. The van der Waals surface area contributed by atoms with E-state index in [0.717, 1.165) is 22.4 Å². The molecule has 4 nitrogen and oxygen atoms in total. The average Bonchev–Trinajstić information content (AvgIpc) is 2.90. The van der Waals surface area contributed by atoms with Crippen molar-refractivity contribution in [1.29, 1.82) is 0 Å². The first-order chi connectivity index (χ1) is 12.9. The van der Waals surface area contributed by atoms with Gasteiger partial charge in [0.2, 0.25) is 0 Å². The molecule has 0 spiro atoms. The van der Waals surface area contributed by atoms with Gasteiger partial charge in [-0.15, -0.1) is 0 Å². The van der Waals surface area contributed by atoms with Crippen molar-refractivity contribution in [3.8, 4) is 11.5 Å². The van der Waals surface area contributed by atoms with E-state index in [1.54, 1.807) is 12.0 Å². The lowest BCUT2D eigenvalue weighted by molar-refractivity contribution is -0.113. The summed E-state index contributed by atoms with van der Waals surface area (Å²) >= 11 is 6.78. The van der Waals surface area contributed by atoms with Crippen molar-refractivity contribution in [2.24, 2.45) is 0 Å². The van der Waals surface area contributed by atoms with Crippen LogP contribution < -0.4 is 14.4 Å². The Hall–Kier alpha value is -2.31. The van der Waals surface area contributed by atoms with Gasteiger partial charge >= 0.3 is 0 Å². The Morgan fingerprint density at radius 2 is 1.93 bits per heavy atom. The van der Waals surface area contributed by atoms with Gasteiger partial charge in [-0.05, 0) is 56.2 Å². The quantitative estimate of drug-likeness (QED) is 0.516. The monoisotopic (exact) mass is 399 g/mol. The molecule has 0 saturated carbocycles. The van der Waals surface area contributed by atoms with Crippen molar-refractivity contribution < 1.29 is 14.3 Å². The molecule has 0 unspecified atom stereocenters. The van der Waals surface area contributed by atoms with E-state index in [2.05, 4.69) is 6.07 Å². The highest BCUT2D eigenvalue weighted by molar-refractivity contribution is 8.27. The number of amides is 1. The van der Waals surface area contributed by atoms with Crippen molar-refractivity contribution in [3.05, 3.63) is 58.0 Å². The standard InChI is InChI=1S/C21H21NO3S2/c1-5-25-17-9-7-15(11-18(17)24-4)12-19-20(23)22(21(26)27-19)16-8-6-13(2)10-14(16)3/h6-12H,5H2,1-4H3/b19-12+. The summed E-state index contributed by atoms with van der Waals surface area (Å²) in [5.41, 5.74) is 3.86. The van der Waals surface area contributed by atoms with Crippen LogP contribution in [0.2, 0.25) is 0 Å². The number of hydrogen-bond acceptors (Lipinski definition) is 5. The first kappa shape index (κ1) is 19.5. The largest absolute Gasteiger partial charge is 0.493 e. The third-order valence-corrected chi connectivity index (χ3v) is 5.47. The van der Waals surface area contributed by atoms with Gasteiger partial charge in [0.25, 0.3) is 5.91 Å². The first-order valence-corrected chi connectivity index (χ1v) is 9.83. The van der Waals surface area contributed by atoms with Gasteiger partial charge in [0.1, 0.15) is 0 Å². The van der Waals surface area contributed by atoms with Crippen molar-refractivity contribution >= 4 is 46.0 Å². The summed E-state index contributed by atoms with van der Waals surface area (Å²) < 4.78 is 11.5. The van der Waals surface area contributed by atoms with Crippen LogP contribution in [-0.2, 0) is 4.79 Å². The lowest BCUT2D eigenvalue weighted by Gasteiger charge is -2.17. The van der Waals surface area contributed by atoms with E-state index < -0.39 is 0 Å². The van der Waals surface area contributed by atoms with E-state index in [0.29, 0.717) is 27.3 Å². The number of anilines is 1. The number of nitrogens with zero attached hydrogens (tertiary/aromatic N) is 1. The Bertz CT molecular complexity index is 937. The minimum atomic E-state index is -0.107. The highest BCUT2D eigenvalue weighted by atomic mass is 32.2. The number of thioether (sulfide) groups is 1. The molecule has 0 atom stereocenters. The zero-order chi connectivity index (χ0) is 19.6. The van der Waals surface area contributed by atoms with Crippen LogP contribution in [0.1, 0.15) is 23.6 Å². The van der Waals surface area contributed by atoms with Crippen LogP contribution in [0.15, 0.2) is 41.3 Å². The van der Waals surface area contributed by atoms with Crippen LogP contribution in [0.25, 0.3) is 6.08 Å². The van der Waals surface area contributed by atoms with Crippen LogP contribution in [0.4, 0.5) is 5.69 Å². The van der Waals surface area contributed by atoms with Crippen LogP contribution in [0.5, 0.6) is 11.5 Å². The predicted molar refractivity (Wildman–Crippen MR) is 116 cm³/mol. The number of thiocarbonyl (C=S) groups is 1. The molecule has 27 heavy (non-hydrogen) atoms. The third-order valence-electron chi connectivity index (χ3n) is 4.17. The highest BCUT2D eigenvalue weighted by Gasteiger charge is 2.34. The number of rotatable bonds is 5. The summed E-state index contributed by atoms with van der Waals surface area (Å²) in [4.78, 5) is 15.2. The van der Waals surface area contributed by atoms with Gasteiger partial charge in [0, 0.05) is 0 Å². The molecular formula is C21H21NO3S2. The van der Waals surface area contributed by atoms with E-state index in [4.69, 9.17) is 21.7 Å². The second-order valence-electron chi connectivity index (χ2n) is 6.15. The Morgan fingerprint density at radius 1 is 1.15 bits per heavy atom. The van der Waals surface area contributed by atoms with Crippen molar-refractivity contribution in [3.63, 3.8) is 0 Å². The molecule has 1 fully saturated rings. The average molecular weight is 400 g/mol. The summed E-state index contributed by atoms with van der Waals surface area (Å²) in [6, 6.07) is 11.6. The van der Waals surface area contributed by atoms with Gasteiger partial charge in [-0.1, -0.05) is 47.7 Å². The van der Waals surface area contributed by atoms with Gasteiger partial charge in [-0.25, -0.2) is 0 Å². The number of hydrogen-bond donors (Lipinski definition) is 0. The van der Waals surface area contributed by atoms with Gasteiger partial charge in [-0.3, -0.25) is 9.69 Å². The Morgan fingerprint density at radius 3 is 2.59 bits per heavy atom. The van der Waals surface area contributed by atoms with E-state index in [9.17, 15) is 4.79 Å². The Balaban J connectivity index is 1.92. The van der Waals surface area contributed by atoms with Crippen molar-refractivity contribution in [2.75, 3.05) is 18.6 Å².